The second-order valence-electron chi connectivity index (χ2n) is 9.65. The molecule has 1 aromatic heterocycles. The van der Waals surface area contributed by atoms with Crippen molar-refractivity contribution in [3.8, 4) is 22.6 Å². The van der Waals surface area contributed by atoms with Crippen molar-refractivity contribution in [2.24, 2.45) is 0 Å². The maximum Gasteiger partial charge on any atom is 0.435 e. The van der Waals surface area contributed by atoms with E-state index >= 15 is 0 Å². The van der Waals surface area contributed by atoms with Crippen LogP contribution in [0.25, 0.3) is 22.6 Å². The Labute approximate surface area is 224 Å². The van der Waals surface area contributed by atoms with Gasteiger partial charge in [-0.1, -0.05) is 22.8 Å². The highest BCUT2D eigenvalue weighted by Crippen LogP contribution is 2.55. The van der Waals surface area contributed by atoms with E-state index in [0.29, 0.717) is 0 Å². The summed E-state index contributed by atoms with van der Waals surface area (Å²) < 4.78 is 141. The van der Waals surface area contributed by atoms with Crippen molar-refractivity contribution >= 4 is 17.5 Å². The summed E-state index contributed by atoms with van der Waals surface area (Å²) in [6.45, 7) is 2.59. The predicted octanol–water partition coefficient (Wildman–Crippen LogP) is 8.56. The van der Waals surface area contributed by atoms with Crippen LogP contribution in [0, 0.1) is 6.92 Å². The summed E-state index contributed by atoms with van der Waals surface area (Å²) >= 11 is 6.11. The maximum atomic E-state index is 14.6. The molecule has 1 saturated carbocycles. The molecule has 1 heterocycles. The average molecular weight is 603 g/mol. The largest absolute Gasteiger partial charge is 0.435 e. The Hall–Kier alpha value is -3.29. The van der Waals surface area contributed by atoms with Gasteiger partial charge in [0.05, 0.1) is 16.1 Å². The molecule has 40 heavy (non-hydrogen) atoms. The average Bonchev–Trinajstić information content (AvgIpc) is 3.33. The highest BCUT2D eigenvalue weighted by molar-refractivity contribution is 6.34. The third kappa shape index (κ3) is 5.25. The van der Waals surface area contributed by atoms with E-state index in [1.165, 1.54) is 18.2 Å². The molecule has 0 spiro atoms. The zero-order valence-corrected chi connectivity index (χ0v) is 21.1. The summed E-state index contributed by atoms with van der Waals surface area (Å²) in [6, 6.07) is 4.38. The van der Waals surface area contributed by atoms with Gasteiger partial charge in [0, 0.05) is 28.3 Å². The first-order valence-electron chi connectivity index (χ1n) is 11.3. The highest BCUT2D eigenvalue weighted by atomic mass is 35.5. The van der Waals surface area contributed by atoms with Crippen molar-refractivity contribution in [1.29, 1.82) is 0 Å². The highest BCUT2D eigenvalue weighted by Gasteiger charge is 2.73. The van der Waals surface area contributed by atoms with Gasteiger partial charge in [0.15, 0.2) is 5.76 Å². The number of benzene rings is 2. The van der Waals surface area contributed by atoms with Crippen molar-refractivity contribution in [2.75, 3.05) is 0 Å². The molecule has 0 bridgehead atoms. The fraction of sp³-hybridized carbons (Fsp3) is 0.360. The molecular formula is C25H17ClF10N2O2. The Kier molecular flexibility index (Phi) is 6.96. The van der Waals surface area contributed by atoms with Crippen LogP contribution in [0.5, 0.6) is 0 Å². The summed E-state index contributed by atoms with van der Waals surface area (Å²) in [5.74, 6) is -0.721. The van der Waals surface area contributed by atoms with E-state index in [9.17, 15) is 48.7 Å². The Balaban J connectivity index is 1.81. The van der Waals surface area contributed by atoms with Crippen molar-refractivity contribution in [2.45, 2.75) is 56.4 Å². The summed E-state index contributed by atoms with van der Waals surface area (Å²) in [4.78, 5) is 12.6. The first-order chi connectivity index (χ1) is 18.2. The monoisotopic (exact) mass is 602 g/mol. The third-order valence-electron chi connectivity index (χ3n) is 6.50. The van der Waals surface area contributed by atoms with E-state index in [0.717, 1.165) is 25.8 Å². The lowest BCUT2D eigenvalue weighted by atomic mass is 9.87. The van der Waals surface area contributed by atoms with Gasteiger partial charge >= 0.3 is 24.2 Å². The molecule has 0 unspecified atom stereocenters. The van der Waals surface area contributed by atoms with Crippen LogP contribution in [-0.4, -0.2) is 29.0 Å². The van der Waals surface area contributed by atoms with Crippen molar-refractivity contribution < 1.29 is 53.2 Å². The van der Waals surface area contributed by atoms with Crippen LogP contribution in [0.3, 0.4) is 0 Å². The van der Waals surface area contributed by atoms with Gasteiger partial charge in [0.1, 0.15) is 5.69 Å². The number of alkyl halides is 10. The van der Waals surface area contributed by atoms with Gasteiger partial charge in [-0.3, -0.25) is 4.79 Å². The Bertz CT molecular complexity index is 1460. The second-order valence-corrected chi connectivity index (χ2v) is 10.1. The number of amides is 1. The number of hydrogen-bond acceptors (Lipinski definition) is 3. The number of nitrogens with one attached hydrogen (secondary N) is 1. The predicted molar refractivity (Wildman–Crippen MR) is 122 cm³/mol. The van der Waals surface area contributed by atoms with E-state index < -0.39 is 69.7 Å². The first-order valence-corrected chi connectivity index (χ1v) is 11.7. The van der Waals surface area contributed by atoms with Crippen LogP contribution >= 0.6 is 11.6 Å². The van der Waals surface area contributed by atoms with Gasteiger partial charge in [-0.15, -0.1) is 0 Å². The number of halogens is 11. The molecule has 15 heteroatoms. The van der Waals surface area contributed by atoms with E-state index in [1.807, 2.05) is 6.92 Å². The number of carbonyl (C=O) groups is 1. The molecule has 1 amide bonds. The topological polar surface area (TPSA) is 55.1 Å². The number of rotatable bonds is 5. The van der Waals surface area contributed by atoms with Gasteiger partial charge in [-0.2, -0.15) is 39.5 Å². The molecule has 216 valence electrons. The van der Waals surface area contributed by atoms with E-state index in [4.69, 9.17) is 16.1 Å². The summed E-state index contributed by atoms with van der Waals surface area (Å²) in [5, 5.41) is 6.34. The first kappa shape index (κ1) is 29.7. The minimum atomic E-state index is -6.61. The van der Waals surface area contributed by atoms with Crippen LogP contribution in [0.15, 0.2) is 40.9 Å². The van der Waals surface area contributed by atoms with Crippen LogP contribution in [0.2, 0.25) is 5.02 Å². The standard InChI is InChI=1S/C25H17ClF10N2O2/c1-11-7-13(22(27,24(31,32)33)25(34,35)36)9-15(23(28,29)30)19(11)17-10-18(40-38-17)12-3-4-16(26)14(8-12)20(39)37-21(2)5-6-21/h3-4,7-10H,5-6H2,1-2H3,(H,37,39). The summed E-state index contributed by atoms with van der Waals surface area (Å²) in [7, 11) is 0. The molecule has 4 rings (SSSR count). The molecule has 0 atom stereocenters. The summed E-state index contributed by atoms with van der Waals surface area (Å²) in [5.41, 5.74) is -12.9. The van der Waals surface area contributed by atoms with E-state index in [1.54, 1.807) is 0 Å². The molecule has 1 aliphatic carbocycles. The van der Waals surface area contributed by atoms with Crippen molar-refractivity contribution in [3.05, 3.63) is 63.7 Å². The van der Waals surface area contributed by atoms with Crippen LogP contribution in [0.1, 0.15) is 46.8 Å². The Morgan fingerprint density at radius 2 is 1.55 bits per heavy atom. The molecule has 3 aromatic rings. The van der Waals surface area contributed by atoms with Gasteiger partial charge < -0.3 is 9.84 Å². The molecule has 1 aliphatic rings. The minimum Gasteiger partial charge on any atom is -0.356 e. The van der Waals surface area contributed by atoms with E-state index in [-0.39, 0.29) is 28.0 Å². The zero-order valence-electron chi connectivity index (χ0n) is 20.3. The Morgan fingerprint density at radius 1 is 0.950 bits per heavy atom. The smallest absolute Gasteiger partial charge is 0.356 e. The molecule has 2 aromatic carbocycles. The minimum absolute atomic E-state index is 0.0142. The second kappa shape index (κ2) is 9.38. The normalized spacial score (nSPS) is 15.7. The summed E-state index contributed by atoms with van der Waals surface area (Å²) in [6.07, 6.45) is -17.2. The van der Waals surface area contributed by atoms with Gasteiger partial charge in [-0.25, -0.2) is 4.39 Å². The lowest BCUT2D eigenvalue weighted by Gasteiger charge is -2.31. The molecule has 4 nitrogen and oxygen atoms in total. The van der Waals surface area contributed by atoms with Gasteiger partial charge in [0.2, 0.25) is 0 Å². The fourth-order valence-electron chi connectivity index (χ4n) is 4.07. The quantitative estimate of drug-likeness (QED) is 0.298. The zero-order chi connectivity index (χ0) is 30.1. The number of carbonyl (C=O) groups excluding carboxylic acids is 1. The molecule has 0 saturated heterocycles. The number of hydrogen-bond donors (Lipinski definition) is 1. The lowest BCUT2D eigenvalue weighted by molar-refractivity contribution is -0.348. The fourth-order valence-corrected chi connectivity index (χ4v) is 4.28. The molecular weight excluding hydrogens is 586 g/mol. The number of nitrogens with zero attached hydrogens (tertiary/aromatic N) is 1. The van der Waals surface area contributed by atoms with Crippen molar-refractivity contribution in [3.63, 3.8) is 0 Å². The SMILES string of the molecule is Cc1cc(C(F)(C(F)(F)F)C(F)(F)F)cc(C(F)(F)F)c1-c1cc(-c2ccc(Cl)c(C(=O)NC3(C)CC3)c2)on1. The van der Waals surface area contributed by atoms with Gasteiger partial charge in [0.25, 0.3) is 5.91 Å². The van der Waals surface area contributed by atoms with Gasteiger partial charge in [-0.05, 0) is 56.5 Å². The molecule has 0 aliphatic heterocycles. The lowest BCUT2D eigenvalue weighted by Crippen LogP contribution is -2.50. The maximum absolute atomic E-state index is 14.6. The van der Waals surface area contributed by atoms with Crippen molar-refractivity contribution in [1.82, 2.24) is 10.5 Å². The van der Waals surface area contributed by atoms with Crippen LogP contribution < -0.4 is 5.32 Å². The number of aryl methyl sites for hydroxylation is 1. The van der Waals surface area contributed by atoms with Crippen LogP contribution in [-0.2, 0) is 11.8 Å². The van der Waals surface area contributed by atoms with E-state index in [2.05, 4.69) is 10.5 Å². The third-order valence-corrected chi connectivity index (χ3v) is 6.83. The number of aromatic nitrogens is 1. The molecule has 0 radical (unpaired) electrons. The molecule has 1 N–H and O–H groups in total. The van der Waals surface area contributed by atoms with Crippen LogP contribution in [0.4, 0.5) is 43.9 Å². The Morgan fingerprint density at radius 3 is 2.08 bits per heavy atom. The molecule has 1 fully saturated rings.